The lowest BCUT2D eigenvalue weighted by Crippen LogP contribution is -2.26. The van der Waals surface area contributed by atoms with Crippen LogP contribution in [0.1, 0.15) is 19.3 Å². The fourth-order valence-corrected chi connectivity index (χ4v) is 1.70. The van der Waals surface area contributed by atoms with Gasteiger partial charge in [-0.05, 0) is 25.3 Å². The molecule has 1 aliphatic carbocycles. The summed E-state index contributed by atoms with van der Waals surface area (Å²) in [4.78, 5) is 0. The monoisotopic (exact) mass is 159 g/mol. The van der Waals surface area contributed by atoms with Crippen LogP contribution in [0.4, 0.5) is 0 Å². The summed E-state index contributed by atoms with van der Waals surface area (Å²) >= 11 is 0. The zero-order chi connectivity index (χ0) is 8.10. The van der Waals surface area contributed by atoms with E-state index in [9.17, 15) is 0 Å². The second-order valence-corrected chi connectivity index (χ2v) is 3.06. The number of aliphatic hydroxyl groups excluding tert-OH is 1. The Morgan fingerprint density at radius 3 is 2.91 bits per heavy atom. The van der Waals surface area contributed by atoms with E-state index in [1.165, 1.54) is 12.8 Å². The zero-order valence-corrected chi connectivity index (χ0v) is 6.83. The highest BCUT2D eigenvalue weighted by Gasteiger charge is 2.26. The summed E-state index contributed by atoms with van der Waals surface area (Å²) in [7, 11) is 0. The molecule has 0 aromatic rings. The third-order valence-corrected chi connectivity index (χ3v) is 2.32. The molecular formula is C8H17NO2. The molecule has 0 amide bonds. The molecule has 0 saturated heterocycles. The third-order valence-electron chi connectivity index (χ3n) is 2.32. The van der Waals surface area contributed by atoms with Crippen LogP contribution < -0.4 is 5.73 Å². The van der Waals surface area contributed by atoms with Gasteiger partial charge in [-0.1, -0.05) is 6.42 Å². The van der Waals surface area contributed by atoms with Gasteiger partial charge in [-0.3, -0.25) is 0 Å². The van der Waals surface area contributed by atoms with Gasteiger partial charge in [0.25, 0.3) is 0 Å². The fourth-order valence-electron chi connectivity index (χ4n) is 1.70. The molecule has 11 heavy (non-hydrogen) atoms. The van der Waals surface area contributed by atoms with Crippen LogP contribution >= 0.6 is 0 Å². The highest BCUT2D eigenvalue weighted by molar-refractivity contribution is 4.78. The van der Waals surface area contributed by atoms with Crippen molar-refractivity contribution >= 4 is 0 Å². The highest BCUT2D eigenvalue weighted by Crippen LogP contribution is 2.26. The highest BCUT2D eigenvalue weighted by atomic mass is 16.5. The molecule has 0 aliphatic heterocycles. The predicted molar refractivity (Wildman–Crippen MR) is 43.2 cm³/mol. The number of hydrogen-bond donors (Lipinski definition) is 2. The first kappa shape index (κ1) is 8.97. The second-order valence-electron chi connectivity index (χ2n) is 3.06. The number of nitrogens with two attached hydrogens (primary N) is 1. The van der Waals surface area contributed by atoms with Gasteiger partial charge in [0.05, 0.1) is 19.3 Å². The Balaban J connectivity index is 2.20. The van der Waals surface area contributed by atoms with Gasteiger partial charge in [-0.2, -0.15) is 0 Å². The van der Waals surface area contributed by atoms with E-state index in [0.717, 1.165) is 13.0 Å². The summed E-state index contributed by atoms with van der Waals surface area (Å²) in [5.41, 5.74) is 5.55. The van der Waals surface area contributed by atoms with Crippen molar-refractivity contribution in [2.45, 2.75) is 25.4 Å². The zero-order valence-electron chi connectivity index (χ0n) is 6.83. The molecule has 0 aromatic carbocycles. The average molecular weight is 159 g/mol. The van der Waals surface area contributed by atoms with Crippen LogP contribution in [0.3, 0.4) is 0 Å². The van der Waals surface area contributed by atoms with E-state index in [1.54, 1.807) is 0 Å². The summed E-state index contributed by atoms with van der Waals surface area (Å²) in [5, 5.41) is 8.53. The maximum Gasteiger partial charge on any atom is 0.0701 e. The Kier molecular flexibility index (Phi) is 3.83. The predicted octanol–water partition coefficient (Wildman–Crippen LogP) is 0.123. The maximum atomic E-state index is 8.53. The second kappa shape index (κ2) is 4.70. The molecule has 0 radical (unpaired) electrons. The number of aliphatic hydroxyl groups is 1. The van der Waals surface area contributed by atoms with E-state index in [0.29, 0.717) is 18.6 Å². The standard InChI is InChI=1S/C8H17NO2/c9-6-7-2-1-3-8(7)11-5-4-10/h7-8,10H,1-6,9H2. The normalized spacial score (nSPS) is 31.1. The van der Waals surface area contributed by atoms with Crippen LogP contribution in [0, 0.1) is 5.92 Å². The van der Waals surface area contributed by atoms with E-state index in [2.05, 4.69) is 0 Å². The molecule has 1 fully saturated rings. The number of hydrogen-bond acceptors (Lipinski definition) is 3. The lowest BCUT2D eigenvalue weighted by Gasteiger charge is -2.17. The van der Waals surface area contributed by atoms with Crippen LogP contribution in [0.15, 0.2) is 0 Å². The minimum absolute atomic E-state index is 0.119. The molecule has 3 N–H and O–H groups in total. The van der Waals surface area contributed by atoms with E-state index < -0.39 is 0 Å². The van der Waals surface area contributed by atoms with Crippen LogP contribution in [0.2, 0.25) is 0 Å². The molecule has 3 nitrogen and oxygen atoms in total. The molecular weight excluding hydrogens is 142 g/mol. The van der Waals surface area contributed by atoms with Gasteiger partial charge < -0.3 is 15.6 Å². The number of rotatable bonds is 4. The minimum Gasteiger partial charge on any atom is -0.394 e. The van der Waals surface area contributed by atoms with Gasteiger partial charge in [0.15, 0.2) is 0 Å². The summed E-state index contributed by atoms with van der Waals surface area (Å²) in [6.45, 7) is 1.30. The van der Waals surface area contributed by atoms with E-state index in [1.807, 2.05) is 0 Å². The maximum absolute atomic E-state index is 8.53. The van der Waals surface area contributed by atoms with E-state index >= 15 is 0 Å². The number of ether oxygens (including phenoxy) is 1. The lowest BCUT2D eigenvalue weighted by atomic mass is 10.1. The van der Waals surface area contributed by atoms with Crippen LogP contribution in [0.25, 0.3) is 0 Å². The molecule has 2 atom stereocenters. The van der Waals surface area contributed by atoms with E-state index in [-0.39, 0.29) is 6.61 Å². The van der Waals surface area contributed by atoms with Crippen LogP contribution in [-0.4, -0.2) is 31.0 Å². The fraction of sp³-hybridized carbons (Fsp3) is 1.00. The van der Waals surface area contributed by atoms with Gasteiger partial charge in [-0.25, -0.2) is 0 Å². The van der Waals surface area contributed by atoms with Crippen molar-refractivity contribution in [3.8, 4) is 0 Å². The summed E-state index contributed by atoms with van der Waals surface area (Å²) in [6, 6.07) is 0. The first-order valence-corrected chi connectivity index (χ1v) is 4.31. The quantitative estimate of drug-likeness (QED) is 0.612. The van der Waals surface area contributed by atoms with Gasteiger partial charge in [-0.15, -0.1) is 0 Å². The first-order valence-electron chi connectivity index (χ1n) is 4.31. The summed E-state index contributed by atoms with van der Waals surface area (Å²) in [6.07, 6.45) is 3.83. The topological polar surface area (TPSA) is 55.5 Å². The van der Waals surface area contributed by atoms with Crippen molar-refractivity contribution in [2.24, 2.45) is 11.7 Å². The Labute approximate surface area is 67.5 Å². The molecule has 0 bridgehead atoms. The van der Waals surface area contributed by atoms with Crippen molar-refractivity contribution < 1.29 is 9.84 Å². The van der Waals surface area contributed by atoms with Gasteiger partial charge >= 0.3 is 0 Å². The van der Waals surface area contributed by atoms with Crippen molar-refractivity contribution in [1.82, 2.24) is 0 Å². The minimum atomic E-state index is 0.119. The molecule has 0 aromatic heterocycles. The largest absolute Gasteiger partial charge is 0.394 e. The first-order chi connectivity index (χ1) is 5.38. The van der Waals surface area contributed by atoms with Crippen LogP contribution in [0.5, 0.6) is 0 Å². The van der Waals surface area contributed by atoms with Gasteiger partial charge in [0, 0.05) is 0 Å². The Morgan fingerprint density at radius 1 is 1.45 bits per heavy atom. The molecule has 66 valence electrons. The Morgan fingerprint density at radius 2 is 2.27 bits per heavy atom. The van der Waals surface area contributed by atoms with Gasteiger partial charge in [0.2, 0.25) is 0 Å². The molecule has 0 spiro atoms. The molecule has 0 heterocycles. The molecule has 1 aliphatic rings. The van der Waals surface area contributed by atoms with Crippen molar-refractivity contribution in [2.75, 3.05) is 19.8 Å². The molecule has 2 unspecified atom stereocenters. The molecule has 3 heteroatoms. The van der Waals surface area contributed by atoms with Crippen molar-refractivity contribution in [3.05, 3.63) is 0 Å². The van der Waals surface area contributed by atoms with Crippen LogP contribution in [-0.2, 0) is 4.74 Å². The average Bonchev–Trinajstić information content (AvgIpc) is 2.47. The third kappa shape index (κ3) is 2.43. The Hall–Kier alpha value is -0.120. The van der Waals surface area contributed by atoms with Gasteiger partial charge in [0.1, 0.15) is 0 Å². The molecule has 1 rings (SSSR count). The lowest BCUT2D eigenvalue weighted by molar-refractivity contribution is 0.00989. The van der Waals surface area contributed by atoms with E-state index in [4.69, 9.17) is 15.6 Å². The summed E-state index contributed by atoms with van der Waals surface area (Å²) < 4.78 is 5.43. The van der Waals surface area contributed by atoms with Crippen molar-refractivity contribution in [3.63, 3.8) is 0 Å². The summed E-state index contributed by atoms with van der Waals surface area (Å²) in [5.74, 6) is 0.529. The Bertz CT molecular complexity index is 108. The van der Waals surface area contributed by atoms with Crippen molar-refractivity contribution in [1.29, 1.82) is 0 Å². The SMILES string of the molecule is NCC1CCCC1OCCO. The smallest absolute Gasteiger partial charge is 0.0701 e. The molecule has 1 saturated carbocycles.